The van der Waals surface area contributed by atoms with E-state index in [1.807, 2.05) is 0 Å². The molecule has 1 aromatic heterocycles. The third kappa shape index (κ3) is 5.82. The van der Waals surface area contributed by atoms with E-state index < -0.39 is 0 Å². The monoisotopic (exact) mass is 238 g/mol. The van der Waals surface area contributed by atoms with Crippen LogP contribution in [0.2, 0.25) is 0 Å². The van der Waals surface area contributed by atoms with Crippen molar-refractivity contribution in [1.29, 1.82) is 0 Å². The molecule has 0 saturated heterocycles. The average molecular weight is 238 g/mol. The first-order valence-electron chi connectivity index (χ1n) is 6.95. The van der Waals surface area contributed by atoms with Crippen molar-refractivity contribution in [3.63, 3.8) is 0 Å². The van der Waals surface area contributed by atoms with Gasteiger partial charge in [0.25, 0.3) is 0 Å². The molecule has 0 fully saturated rings. The minimum absolute atomic E-state index is 0.836. The van der Waals surface area contributed by atoms with Crippen LogP contribution in [0.3, 0.4) is 0 Å². The van der Waals surface area contributed by atoms with E-state index in [0.29, 0.717) is 0 Å². The molecule has 0 radical (unpaired) electrons. The van der Waals surface area contributed by atoms with Crippen LogP contribution in [0.15, 0.2) is 6.33 Å². The molecule has 0 spiro atoms. The zero-order valence-electron chi connectivity index (χ0n) is 11.3. The lowest BCUT2D eigenvalue weighted by molar-refractivity contribution is 0.555. The van der Waals surface area contributed by atoms with Gasteiger partial charge in [-0.05, 0) is 19.9 Å². The van der Waals surface area contributed by atoms with E-state index in [1.165, 1.54) is 38.5 Å². The Morgan fingerprint density at radius 1 is 1.12 bits per heavy atom. The normalized spacial score (nSPS) is 10.9. The van der Waals surface area contributed by atoms with Crippen molar-refractivity contribution >= 4 is 0 Å². The molecule has 0 saturated carbocycles. The lowest BCUT2D eigenvalue weighted by Gasteiger charge is -2.05. The molecule has 17 heavy (non-hydrogen) atoms. The number of rotatable bonds is 10. The topological polar surface area (TPSA) is 42.7 Å². The number of unbranched alkanes of at least 4 members (excludes halogenated alkanes) is 5. The molecule has 98 valence electrons. The Hall–Kier alpha value is -0.900. The molecule has 0 aliphatic heterocycles. The van der Waals surface area contributed by atoms with Crippen molar-refractivity contribution in [3.8, 4) is 0 Å². The van der Waals surface area contributed by atoms with Gasteiger partial charge in [-0.15, -0.1) is 10.2 Å². The van der Waals surface area contributed by atoms with E-state index in [0.717, 1.165) is 25.5 Å². The number of hydrogen-bond acceptors (Lipinski definition) is 3. The number of nitrogens with zero attached hydrogens (tertiary/aromatic N) is 3. The molecule has 4 heteroatoms. The highest BCUT2D eigenvalue weighted by Gasteiger charge is 2.00. The first-order chi connectivity index (χ1) is 8.38. The van der Waals surface area contributed by atoms with Crippen LogP contribution >= 0.6 is 0 Å². The van der Waals surface area contributed by atoms with Crippen molar-refractivity contribution < 1.29 is 0 Å². The molecule has 0 bridgehead atoms. The number of hydrogen-bond donors (Lipinski definition) is 1. The molecule has 1 heterocycles. The van der Waals surface area contributed by atoms with Crippen molar-refractivity contribution in [2.75, 3.05) is 6.54 Å². The molecule has 1 rings (SSSR count). The first-order valence-corrected chi connectivity index (χ1v) is 6.95. The van der Waals surface area contributed by atoms with Gasteiger partial charge in [0.1, 0.15) is 12.2 Å². The first kappa shape index (κ1) is 14.2. The van der Waals surface area contributed by atoms with E-state index in [9.17, 15) is 0 Å². The van der Waals surface area contributed by atoms with Gasteiger partial charge in [-0.1, -0.05) is 39.0 Å². The lowest BCUT2D eigenvalue weighted by Crippen LogP contribution is -2.18. The zero-order chi connectivity index (χ0) is 12.3. The summed E-state index contributed by atoms with van der Waals surface area (Å²) in [6.07, 6.45) is 9.87. The third-order valence-corrected chi connectivity index (χ3v) is 3.03. The Kier molecular flexibility index (Phi) is 7.63. The predicted molar refractivity (Wildman–Crippen MR) is 70.8 cm³/mol. The molecule has 0 amide bonds. The van der Waals surface area contributed by atoms with E-state index in [1.54, 1.807) is 6.33 Å². The lowest BCUT2D eigenvalue weighted by atomic mass is 10.1. The SMILES string of the molecule is CCCCCCCCNCc1nncn1CC. The molecule has 1 aromatic rings. The van der Waals surface area contributed by atoms with Crippen LogP contribution in [0, 0.1) is 0 Å². The molecule has 1 N–H and O–H groups in total. The second kappa shape index (κ2) is 9.16. The summed E-state index contributed by atoms with van der Waals surface area (Å²) in [7, 11) is 0. The van der Waals surface area contributed by atoms with Gasteiger partial charge in [0, 0.05) is 6.54 Å². The van der Waals surface area contributed by atoms with Crippen LogP contribution in [0.4, 0.5) is 0 Å². The van der Waals surface area contributed by atoms with Gasteiger partial charge in [0.15, 0.2) is 0 Å². The maximum atomic E-state index is 4.10. The van der Waals surface area contributed by atoms with E-state index in [-0.39, 0.29) is 0 Å². The second-order valence-electron chi connectivity index (χ2n) is 4.48. The Labute approximate surface area is 105 Å². The van der Waals surface area contributed by atoms with E-state index in [4.69, 9.17) is 0 Å². The summed E-state index contributed by atoms with van der Waals surface area (Å²) in [6.45, 7) is 7.23. The van der Waals surface area contributed by atoms with Gasteiger partial charge in [-0.25, -0.2) is 0 Å². The fraction of sp³-hybridized carbons (Fsp3) is 0.846. The maximum absolute atomic E-state index is 4.10. The second-order valence-corrected chi connectivity index (χ2v) is 4.48. The summed E-state index contributed by atoms with van der Waals surface area (Å²) < 4.78 is 2.08. The van der Waals surface area contributed by atoms with Crippen LogP contribution < -0.4 is 5.32 Å². The predicted octanol–water partition coefficient (Wildman–Crippen LogP) is 2.75. The standard InChI is InChI=1S/C13H26N4/c1-3-5-6-7-8-9-10-14-11-13-16-15-12-17(13)4-2/h12,14H,3-11H2,1-2H3. The van der Waals surface area contributed by atoms with Crippen LogP contribution in [-0.2, 0) is 13.1 Å². The van der Waals surface area contributed by atoms with Crippen LogP contribution in [0.5, 0.6) is 0 Å². The van der Waals surface area contributed by atoms with Gasteiger partial charge in [0.2, 0.25) is 0 Å². The third-order valence-electron chi connectivity index (χ3n) is 3.03. The number of aromatic nitrogens is 3. The summed E-state index contributed by atoms with van der Waals surface area (Å²) >= 11 is 0. The van der Waals surface area contributed by atoms with Gasteiger partial charge >= 0.3 is 0 Å². The van der Waals surface area contributed by atoms with E-state index in [2.05, 4.69) is 33.9 Å². The van der Waals surface area contributed by atoms with Crippen molar-refractivity contribution in [2.45, 2.75) is 65.5 Å². The van der Waals surface area contributed by atoms with Crippen LogP contribution in [0.25, 0.3) is 0 Å². The van der Waals surface area contributed by atoms with Gasteiger partial charge < -0.3 is 9.88 Å². The fourth-order valence-electron chi connectivity index (χ4n) is 1.91. The summed E-state index contributed by atoms with van der Waals surface area (Å²) in [4.78, 5) is 0. The largest absolute Gasteiger partial charge is 0.317 e. The van der Waals surface area contributed by atoms with Crippen molar-refractivity contribution in [1.82, 2.24) is 20.1 Å². The number of nitrogens with one attached hydrogen (secondary N) is 1. The van der Waals surface area contributed by atoms with Crippen LogP contribution in [-0.4, -0.2) is 21.3 Å². The smallest absolute Gasteiger partial charge is 0.146 e. The van der Waals surface area contributed by atoms with Crippen LogP contribution in [0.1, 0.15) is 58.2 Å². The molecular weight excluding hydrogens is 212 g/mol. The molecule has 0 aliphatic carbocycles. The Bertz CT molecular complexity index is 283. The minimum atomic E-state index is 0.836. The molecule has 0 atom stereocenters. The summed E-state index contributed by atoms with van der Waals surface area (Å²) in [5.74, 6) is 1.04. The van der Waals surface area contributed by atoms with Gasteiger partial charge in [-0.2, -0.15) is 0 Å². The fourth-order valence-corrected chi connectivity index (χ4v) is 1.91. The Morgan fingerprint density at radius 3 is 2.65 bits per heavy atom. The molecule has 4 nitrogen and oxygen atoms in total. The number of aryl methyl sites for hydroxylation is 1. The highest BCUT2D eigenvalue weighted by Crippen LogP contribution is 2.04. The van der Waals surface area contributed by atoms with E-state index >= 15 is 0 Å². The average Bonchev–Trinajstić information content (AvgIpc) is 2.80. The van der Waals surface area contributed by atoms with Gasteiger partial charge in [0.05, 0.1) is 6.54 Å². The quantitative estimate of drug-likeness (QED) is 0.637. The maximum Gasteiger partial charge on any atom is 0.146 e. The summed E-state index contributed by atoms with van der Waals surface area (Å²) in [5, 5.41) is 11.4. The molecule has 0 aliphatic rings. The highest BCUT2D eigenvalue weighted by molar-refractivity contribution is 4.84. The van der Waals surface area contributed by atoms with Gasteiger partial charge in [-0.3, -0.25) is 0 Å². The Balaban J connectivity index is 1.97. The molecular formula is C13H26N4. The highest BCUT2D eigenvalue weighted by atomic mass is 15.3. The summed E-state index contributed by atoms with van der Waals surface area (Å²) in [6, 6.07) is 0. The van der Waals surface area contributed by atoms with Crippen molar-refractivity contribution in [3.05, 3.63) is 12.2 Å². The summed E-state index contributed by atoms with van der Waals surface area (Å²) in [5.41, 5.74) is 0. The molecule has 0 unspecified atom stereocenters. The minimum Gasteiger partial charge on any atom is -0.317 e. The Morgan fingerprint density at radius 2 is 1.88 bits per heavy atom. The molecule has 0 aromatic carbocycles. The van der Waals surface area contributed by atoms with Crippen molar-refractivity contribution in [2.24, 2.45) is 0 Å². The zero-order valence-corrected chi connectivity index (χ0v) is 11.3.